The number of amides is 1. The first-order valence-corrected chi connectivity index (χ1v) is 7.96. The van der Waals surface area contributed by atoms with Crippen LogP contribution in [0.5, 0.6) is 0 Å². The Morgan fingerprint density at radius 1 is 1.17 bits per heavy atom. The molecule has 3 aromatic heterocycles. The van der Waals surface area contributed by atoms with Gasteiger partial charge in [0.15, 0.2) is 5.76 Å². The van der Waals surface area contributed by atoms with Crippen LogP contribution in [0, 0.1) is 0 Å². The molecule has 0 bridgehead atoms. The van der Waals surface area contributed by atoms with Gasteiger partial charge in [-0.2, -0.15) is 5.10 Å². The van der Waals surface area contributed by atoms with Gasteiger partial charge in [0.1, 0.15) is 16.9 Å². The van der Waals surface area contributed by atoms with Crippen molar-refractivity contribution in [1.29, 1.82) is 0 Å². The number of rotatable bonds is 4. The summed E-state index contributed by atoms with van der Waals surface area (Å²) in [6.45, 7) is 0. The van der Waals surface area contributed by atoms with E-state index < -0.39 is 0 Å². The number of anilines is 1. The first kappa shape index (κ1) is 14.3. The van der Waals surface area contributed by atoms with Gasteiger partial charge in [-0.3, -0.25) is 10.1 Å². The van der Waals surface area contributed by atoms with Gasteiger partial charge in [0.2, 0.25) is 5.13 Å². The molecule has 0 radical (unpaired) electrons. The third-order valence-electron chi connectivity index (χ3n) is 3.30. The molecule has 1 N–H and O–H groups in total. The molecule has 0 unspecified atom stereocenters. The van der Waals surface area contributed by atoms with Gasteiger partial charge >= 0.3 is 0 Å². The number of hydrogen-bond acceptors (Lipinski definition) is 6. The fourth-order valence-electron chi connectivity index (χ4n) is 2.24. The second-order valence-electron chi connectivity index (χ2n) is 4.84. The van der Waals surface area contributed by atoms with E-state index in [0.29, 0.717) is 22.3 Å². The summed E-state index contributed by atoms with van der Waals surface area (Å²) in [5.74, 6) is 0.274. The lowest BCUT2D eigenvalue weighted by molar-refractivity contribution is 0.101. The maximum atomic E-state index is 12.6. The number of para-hydroxylation sites is 1. The smallest absolute Gasteiger partial charge is 0.276 e. The van der Waals surface area contributed by atoms with E-state index in [1.54, 1.807) is 34.7 Å². The molecule has 0 aliphatic rings. The number of hydrogen-bond donors (Lipinski definition) is 1. The van der Waals surface area contributed by atoms with Crippen molar-refractivity contribution >= 4 is 22.4 Å². The summed E-state index contributed by atoms with van der Waals surface area (Å²) in [4.78, 5) is 12.6. The third kappa shape index (κ3) is 2.70. The number of nitrogens with zero attached hydrogens (tertiary/aromatic N) is 4. The monoisotopic (exact) mass is 337 g/mol. The number of aromatic nitrogens is 4. The Kier molecular flexibility index (Phi) is 3.64. The van der Waals surface area contributed by atoms with Crippen molar-refractivity contribution in [2.75, 3.05) is 5.32 Å². The predicted molar refractivity (Wildman–Crippen MR) is 89.1 cm³/mol. The number of nitrogens with one attached hydrogen (secondary N) is 1. The summed E-state index contributed by atoms with van der Waals surface area (Å²) in [7, 11) is 0. The normalized spacial score (nSPS) is 10.7. The molecular formula is C16H11N5O2S. The number of carbonyl (C=O) groups excluding carboxylic acids is 1. The minimum atomic E-state index is -0.319. The molecule has 0 saturated carbocycles. The summed E-state index contributed by atoms with van der Waals surface area (Å²) < 4.78 is 6.96. The van der Waals surface area contributed by atoms with Crippen LogP contribution in [0.15, 0.2) is 64.7 Å². The zero-order valence-electron chi connectivity index (χ0n) is 12.3. The zero-order chi connectivity index (χ0) is 16.4. The highest BCUT2D eigenvalue weighted by atomic mass is 32.1. The van der Waals surface area contributed by atoms with E-state index in [1.165, 1.54) is 11.3 Å². The molecule has 1 amide bonds. The van der Waals surface area contributed by atoms with Crippen LogP contribution in [0.3, 0.4) is 0 Å². The van der Waals surface area contributed by atoms with Crippen LogP contribution in [0.25, 0.3) is 17.1 Å². The molecule has 1 aromatic carbocycles. The average molecular weight is 337 g/mol. The highest BCUT2D eigenvalue weighted by molar-refractivity contribution is 7.13. The maximum Gasteiger partial charge on any atom is 0.276 e. The second-order valence-corrected chi connectivity index (χ2v) is 5.67. The molecule has 0 aliphatic carbocycles. The van der Waals surface area contributed by atoms with E-state index in [4.69, 9.17) is 4.42 Å². The highest BCUT2D eigenvalue weighted by Crippen LogP contribution is 2.23. The largest absolute Gasteiger partial charge is 0.463 e. The molecule has 0 atom stereocenters. The maximum absolute atomic E-state index is 12.6. The number of furan rings is 1. The van der Waals surface area contributed by atoms with Crippen molar-refractivity contribution in [2.45, 2.75) is 0 Å². The van der Waals surface area contributed by atoms with Crippen LogP contribution in [-0.2, 0) is 0 Å². The molecule has 0 spiro atoms. The van der Waals surface area contributed by atoms with E-state index in [0.717, 1.165) is 5.69 Å². The van der Waals surface area contributed by atoms with Crippen molar-refractivity contribution in [1.82, 2.24) is 20.0 Å². The Balaban J connectivity index is 1.77. The van der Waals surface area contributed by atoms with E-state index in [2.05, 4.69) is 20.6 Å². The van der Waals surface area contributed by atoms with Crippen LogP contribution in [-0.4, -0.2) is 25.9 Å². The predicted octanol–water partition coefficient (Wildman–Crippen LogP) is 3.24. The van der Waals surface area contributed by atoms with Gasteiger partial charge in [-0.1, -0.05) is 29.5 Å². The lowest BCUT2D eigenvalue weighted by Gasteiger charge is -2.06. The quantitative estimate of drug-likeness (QED) is 0.618. The van der Waals surface area contributed by atoms with Gasteiger partial charge in [-0.25, -0.2) is 4.68 Å². The molecule has 0 fully saturated rings. The topological polar surface area (TPSA) is 85.8 Å². The summed E-state index contributed by atoms with van der Waals surface area (Å²) in [6, 6.07) is 14.7. The zero-order valence-corrected chi connectivity index (χ0v) is 13.1. The molecule has 7 nitrogen and oxygen atoms in total. The van der Waals surface area contributed by atoms with Crippen molar-refractivity contribution in [3.8, 4) is 17.1 Å². The lowest BCUT2D eigenvalue weighted by atomic mass is 10.2. The first-order chi connectivity index (χ1) is 11.8. The van der Waals surface area contributed by atoms with Crippen molar-refractivity contribution < 1.29 is 9.21 Å². The molecule has 24 heavy (non-hydrogen) atoms. The van der Waals surface area contributed by atoms with Crippen LogP contribution in [0.2, 0.25) is 0 Å². The molecular weight excluding hydrogens is 326 g/mol. The van der Waals surface area contributed by atoms with Gasteiger partial charge in [0, 0.05) is 6.07 Å². The van der Waals surface area contributed by atoms with Crippen LogP contribution in [0.1, 0.15) is 10.5 Å². The summed E-state index contributed by atoms with van der Waals surface area (Å²) in [5.41, 5.74) is 3.28. The third-order valence-corrected chi connectivity index (χ3v) is 3.90. The van der Waals surface area contributed by atoms with Gasteiger partial charge in [0.05, 0.1) is 12.0 Å². The Morgan fingerprint density at radius 2 is 2.04 bits per heavy atom. The van der Waals surface area contributed by atoms with E-state index >= 15 is 0 Å². The van der Waals surface area contributed by atoms with Crippen molar-refractivity contribution in [2.24, 2.45) is 0 Å². The molecule has 0 aliphatic heterocycles. The summed E-state index contributed by atoms with van der Waals surface area (Å²) >= 11 is 1.25. The Bertz CT molecular complexity index is 946. The second kappa shape index (κ2) is 6.09. The molecule has 0 saturated heterocycles. The first-order valence-electron chi connectivity index (χ1n) is 7.08. The Morgan fingerprint density at radius 3 is 2.75 bits per heavy atom. The van der Waals surface area contributed by atoms with Crippen LogP contribution >= 0.6 is 11.3 Å². The standard InChI is InChI=1S/C16H11N5O2S/c22-15(18-16-19-17-10-24-16)13-9-12(14-7-4-8-23-14)20-21(13)11-5-2-1-3-6-11/h1-10H,(H,18,19,22). The Hall–Kier alpha value is -3.26. The SMILES string of the molecule is O=C(Nc1nncs1)c1cc(-c2ccco2)nn1-c1ccccc1. The lowest BCUT2D eigenvalue weighted by Crippen LogP contribution is -2.16. The van der Waals surface area contributed by atoms with Crippen molar-refractivity contribution in [3.63, 3.8) is 0 Å². The molecule has 118 valence electrons. The molecule has 4 aromatic rings. The minimum absolute atomic E-state index is 0.319. The minimum Gasteiger partial charge on any atom is -0.463 e. The van der Waals surface area contributed by atoms with Crippen molar-refractivity contribution in [3.05, 3.63) is 66.0 Å². The van der Waals surface area contributed by atoms with E-state index in [1.807, 2.05) is 30.3 Å². The van der Waals surface area contributed by atoms with Gasteiger partial charge in [-0.15, -0.1) is 10.2 Å². The van der Waals surface area contributed by atoms with E-state index in [9.17, 15) is 4.79 Å². The molecule has 8 heteroatoms. The summed E-state index contributed by atoms with van der Waals surface area (Å²) in [6.07, 6.45) is 1.57. The summed E-state index contributed by atoms with van der Waals surface area (Å²) in [5, 5.41) is 15.2. The number of benzene rings is 1. The highest BCUT2D eigenvalue weighted by Gasteiger charge is 2.19. The number of carbonyl (C=O) groups is 1. The van der Waals surface area contributed by atoms with Gasteiger partial charge < -0.3 is 4.42 Å². The van der Waals surface area contributed by atoms with Crippen LogP contribution < -0.4 is 5.32 Å². The fourth-order valence-corrected chi connectivity index (χ4v) is 2.68. The molecule has 3 heterocycles. The molecule has 4 rings (SSSR count). The Labute approximate surface area is 140 Å². The van der Waals surface area contributed by atoms with Gasteiger partial charge in [-0.05, 0) is 24.3 Å². The van der Waals surface area contributed by atoms with Crippen LogP contribution in [0.4, 0.5) is 5.13 Å². The fraction of sp³-hybridized carbons (Fsp3) is 0. The van der Waals surface area contributed by atoms with Gasteiger partial charge in [0.25, 0.3) is 5.91 Å². The van der Waals surface area contributed by atoms with E-state index in [-0.39, 0.29) is 5.91 Å². The average Bonchev–Trinajstić information content (AvgIpc) is 3.36.